The molecule has 5 heteroatoms. The van der Waals surface area contributed by atoms with Gasteiger partial charge in [0.05, 0.1) is 0 Å². The molecule has 0 saturated carbocycles. The summed E-state index contributed by atoms with van der Waals surface area (Å²) >= 11 is 3.59. The molecule has 0 N–H and O–H groups in total. The second-order valence-electron chi connectivity index (χ2n) is 7.94. The van der Waals surface area contributed by atoms with Gasteiger partial charge in [-0.3, -0.25) is 0 Å². The molecule has 6 rings (SSSR count). The van der Waals surface area contributed by atoms with Crippen molar-refractivity contribution in [1.82, 2.24) is 9.97 Å². The third-order valence-corrected chi connectivity index (χ3v) is 6.35. The molecule has 164 valence electrons. The molecule has 0 unspecified atom stereocenters. The largest absolute Gasteiger partial charge is 0.456 e. The van der Waals surface area contributed by atoms with E-state index in [-0.39, 0.29) is 0 Å². The fourth-order valence-electron chi connectivity index (χ4n) is 4.39. The van der Waals surface area contributed by atoms with E-state index < -0.39 is 0 Å². The predicted molar refractivity (Wildman–Crippen MR) is 142 cm³/mol. The molecule has 0 aliphatic rings. The molecule has 0 spiro atoms. The molecule has 3 aromatic heterocycles. The lowest BCUT2D eigenvalue weighted by atomic mass is 10.0. The zero-order chi connectivity index (χ0) is 23.2. The molecule has 3 heterocycles. The Morgan fingerprint density at radius 1 is 0.912 bits per heavy atom. The SMILES string of the molecule is C=Cc1oc2cccc(-c3nc(-c4ccccc4)nc4c3oc3ccc(Br)cc34)c2c1/C=C\C. The Kier molecular flexibility index (Phi) is 4.93. The predicted octanol–water partition coefficient (Wildman–Crippen LogP) is 8.89. The normalized spacial score (nSPS) is 11.8. The number of aromatic nitrogens is 2. The van der Waals surface area contributed by atoms with Gasteiger partial charge in [0.15, 0.2) is 11.4 Å². The number of halogens is 1. The first-order valence-corrected chi connectivity index (χ1v) is 11.7. The summed E-state index contributed by atoms with van der Waals surface area (Å²) in [7, 11) is 0. The molecule has 0 aliphatic carbocycles. The summed E-state index contributed by atoms with van der Waals surface area (Å²) in [4.78, 5) is 9.98. The van der Waals surface area contributed by atoms with Crippen LogP contribution in [0.1, 0.15) is 18.2 Å². The lowest BCUT2D eigenvalue weighted by Crippen LogP contribution is -1.94. The van der Waals surface area contributed by atoms with E-state index in [0.29, 0.717) is 11.4 Å². The highest BCUT2D eigenvalue weighted by molar-refractivity contribution is 9.10. The van der Waals surface area contributed by atoms with Crippen LogP contribution in [0.15, 0.2) is 92.7 Å². The Labute approximate surface area is 204 Å². The van der Waals surface area contributed by atoms with E-state index in [2.05, 4.69) is 28.6 Å². The molecule has 0 aliphatic heterocycles. The highest BCUT2D eigenvalue weighted by atomic mass is 79.9. The number of furan rings is 2. The van der Waals surface area contributed by atoms with Crippen LogP contribution in [0.25, 0.3) is 67.8 Å². The van der Waals surface area contributed by atoms with Crippen molar-refractivity contribution in [2.45, 2.75) is 6.92 Å². The van der Waals surface area contributed by atoms with Crippen LogP contribution in [0.3, 0.4) is 0 Å². The zero-order valence-electron chi connectivity index (χ0n) is 18.4. The number of hydrogen-bond donors (Lipinski definition) is 0. The highest BCUT2D eigenvalue weighted by Gasteiger charge is 2.22. The van der Waals surface area contributed by atoms with Crippen molar-refractivity contribution in [3.63, 3.8) is 0 Å². The minimum Gasteiger partial charge on any atom is -0.456 e. The quantitative estimate of drug-likeness (QED) is 0.239. The maximum atomic E-state index is 6.35. The number of nitrogens with zero attached hydrogens (tertiary/aromatic N) is 2. The minimum absolute atomic E-state index is 0.641. The summed E-state index contributed by atoms with van der Waals surface area (Å²) in [5.41, 5.74) is 6.51. The number of rotatable bonds is 4. The van der Waals surface area contributed by atoms with Gasteiger partial charge in [0, 0.05) is 31.9 Å². The van der Waals surface area contributed by atoms with Gasteiger partial charge < -0.3 is 8.83 Å². The molecule has 6 aromatic rings. The molecular weight excluding hydrogens is 488 g/mol. The van der Waals surface area contributed by atoms with E-state index in [0.717, 1.165) is 60.1 Å². The lowest BCUT2D eigenvalue weighted by Gasteiger charge is -2.08. The van der Waals surface area contributed by atoms with Crippen molar-refractivity contribution in [2.75, 3.05) is 0 Å². The molecule has 0 saturated heterocycles. The topological polar surface area (TPSA) is 52.1 Å². The number of benzene rings is 3. The van der Waals surface area contributed by atoms with Crippen molar-refractivity contribution in [2.24, 2.45) is 0 Å². The molecule has 0 fully saturated rings. The molecule has 34 heavy (non-hydrogen) atoms. The summed E-state index contributed by atoms with van der Waals surface area (Å²) in [6, 6.07) is 21.9. The third kappa shape index (κ3) is 3.20. The van der Waals surface area contributed by atoms with Crippen LogP contribution in [-0.2, 0) is 0 Å². The monoisotopic (exact) mass is 506 g/mol. The summed E-state index contributed by atoms with van der Waals surface area (Å²) in [5, 5.41) is 1.90. The van der Waals surface area contributed by atoms with Crippen LogP contribution < -0.4 is 0 Å². The van der Waals surface area contributed by atoms with Gasteiger partial charge in [-0.1, -0.05) is 77.1 Å². The van der Waals surface area contributed by atoms with Crippen LogP contribution in [0.5, 0.6) is 0 Å². The zero-order valence-corrected chi connectivity index (χ0v) is 20.0. The Morgan fingerprint density at radius 2 is 1.76 bits per heavy atom. The minimum atomic E-state index is 0.641. The molecule has 0 radical (unpaired) electrons. The standard InChI is InChI=1S/C29H19BrN2O2/c1-3-9-19-22(4-2)33-24-13-8-12-20(25(19)24)26-28-27(21-16-18(30)14-15-23(21)34-28)32-29(31-26)17-10-6-5-7-11-17/h3-16H,2H2,1H3/b9-3-. The average Bonchev–Trinajstić information content (AvgIpc) is 3.42. The van der Waals surface area contributed by atoms with E-state index in [1.54, 1.807) is 6.08 Å². The maximum Gasteiger partial charge on any atom is 0.180 e. The molecule has 4 nitrogen and oxygen atoms in total. The number of hydrogen-bond acceptors (Lipinski definition) is 4. The third-order valence-electron chi connectivity index (χ3n) is 5.86. The molecule has 0 amide bonds. The van der Waals surface area contributed by atoms with Gasteiger partial charge >= 0.3 is 0 Å². The Morgan fingerprint density at radius 3 is 2.56 bits per heavy atom. The first-order valence-electron chi connectivity index (χ1n) is 10.9. The van der Waals surface area contributed by atoms with Crippen molar-refractivity contribution in [3.8, 4) is 22.6 Å². The van der Waals surface area contributed by atoms with Gasteiger partial charge in [0.2, 0.25) is 0 Å². The van der Waals surface area contributed by atoms with Gasteiger partial charge in [-0.25, -0.2) is 9.97 Å². The van der Waals surface area contributed by atoms with Gasteiger partial charge in [-0.2, -0.15) is 0 Å². The van der Waals surface area contributed by atoms with E-state index in [9.17, 15) is 0 Å². The van der Waals surface area contributed by atoms with Crippen molar-refractivity contribution >= 4 is 61.1 Å². The summed E-state index contributed by atoms with van der Waals surface area (Å²) in [6.07, 6.45) is 5.78. The van der Waals surface area contributed by atoms with E-state index >= 15 is 0 Å². The maximum absolute atomic E-state index is 6.35. The summed E-state index contributed by atoms with van der Waals surface area (Å²) in [6.45, 7) is 5.92. The second-order valence-corrected chi connectivity index (χ2v) is 8.86. The summed E-state index contributed by atoms with van der Waals surface area (Å²) in [5.74, 6) is 1.37. The Hall–Kier alpha value is -3.96. The fourth-order valence-corrected chi connectivity index (χ4v) is 4.75. The lowest BCUT2D eigenvalue weighted by molar-refractivity contribution is 0.603. The van der Waals surface area contributed by atoms with Crippen molar-refractivity contribution < 1.29 is 8.83 Å². The Balaban J connectivity index is 1.77. The van der Waals surface area contributed by atoms with Gasteiger partial charge in [0.25, 0.3) is 0 Å². The smallest absolute Gasteiger partial charge is 0.180 e. The first-order chi connectivity index (χ1) is 16.7. The van der Waals surface area contributed by atoms with Crippen molar-refractivity contribution in [3.05, 3.63) is 95.2 Å². The highest BCUT2D eigenvalue weighted by Crippen LogP contribution is 2.41. The van der Waals surface area contributed by atoms with Crippen molar-refractivity contribution in [1.29, 1.82) is 0 Å². The van der Waals surface area contributed by atoms with Crippen LogP contribution in [-0.4, -0.2) is 9.97 Å². The first kappa shape index (κ1) is 20.6. The van der Waals surface area contributed by atoms with Crippen LogP contribution in [0.2, 0.25) is 0 Å². The van der Waals surface area contributed by atoms with E-state index in [1.807, 2.05) is 79.7 Å². The van der Waals surface area contributed by atoms with Gasteiger partial charge in [0.1, 0.15) is 28.1 Å². The fraction of sp³-hybridized carbons (Fsp3) is 0.0345. The van der Waals surface area contributed by atoms with E-state index in [1.165, 1.54) is 0 Å². The molecular formula is C29H19BrN2O2. The Bertz CT molecular complexity index is 1740. The van der Waals surface area contributed by atoms with Crippen LogP contribution in [0, 0.1) is 0 Å². The molecule has 0 atom stereocenters. The van der Waals surface area contributed by atoms with Gasteiger partial charge in [-0.15, -0.1) is 0 Å². The van der Waals surface area contributed by atoms with Crippen LogP contribution in [0.4, 0.5) is 0 Å². The molecule has 3 aromatic carbocycles. The molecule has 0 bridgehead atoms. The second kappa shape index (κ2) is 8.12. The summed E-state index contributed by atoms with van der Waals surface area (Å²) < 4.78 is 13.4. The number of allylic oxidation sites excluding steroid dienone is 1. The number of fused-ring (bicyclic) bond motifs is 4. The van der Waals surface area contributed by atoms with Gasteiger partial charge in [-0.05, 0) is 37.3 Å². The van der Waals surface area contributed by atoms with E-state index in [4.69, 9.17) is 18.8 Å². The average molecular weight is 507 g/mol. The van der Waals surface area contributed by atoms with Crippen LogP contribution >= 0.6 is 15.9 Å².